The van der Waals surface area contributed by atoms with Crippen LogP contribution in [0.1, 0.15) is 25.7 Å². The van der Waals surface area contributed by atoms with Crippen molar-refractivity contribution < 1.29 is 9.53 Å². The summed E-state index contributed by atoms with van der Waals surface area (Å²) in [5.74, 6) is -0.169. The number of methoxy groups -OCH3 is 1. The lowest BCUT2D eigenvalue weighted by atomic mass is 9.98. The van der Waals surface area contributed by atoms with Crippen molar-refractivity contribution >= 4 is 23.3 Å². The minimum Gasteiger partial charge on any atom is -0.469 e. The number of hydrogen-bond acceptors (Lipinski definition) is 4. The van der Waals surface area contributed by atoms with Crippen molar-refractivity contribution in [1.82, 2.24) is 4.98 Å². The summed E-state index contributed by atoms with van der Waals surface area (Å²) >= 11 is 6.17. The van der Waals surface area contributed by atoms with Gasteiger partial charge in [-0.3, -0.25) is 9.78 Å². The number of ether oxygens (including phenoxy) is 1. The van der Waals surface area contributed by atoms with Gasteiger partial charge in [0.1, 0.15) is 0 Å². The Balaban J connectivity index is 2.17. The average Bonchev–Trinajstić information content (AvgIpc) is 2.40. The number of pyridine rings is 1. The standard InChI is InChI=1S/C13H17ClN2O2/c1-18-13(17)8-10-4-2-3-7-16(10)12-5-6-15-9-11(12)14/h5-6,9-10H,2-4,7-8H2,1H3. The number of rotatable bonds is 3. The van der Waals surface area contributed by atoms with Crippen molar-refractivity contribution in [3.8, 4) is 0 Å². The van der Waals surface area contributed by atoms with Crippen molar-refractivity contribution in [2.45, 2.75) is 31.7 Å². The Bertz CT molecular complexity index is 425. The van der Waals surface area contributed by atoms with Gasteiger partial charge in [0, 0.05) is 25.0 Å². The monoisotopic (exact) mass is 268 g/mol. The molecule has 4 nitrogen and oxygen atoms in total. The van der Waals surface area contributed by atoms with Gasteiger partial charge < -0.3 is 9.64 Å². The molecule has 2 heterocycles. The zero-order chi connectivity index (χ0) is 13.0. The lowest BCUT2D eigenvalue weighted by Gasteiger charge is -2.37. The number of nitrogens with zero attached hydrogens (tertiary/aromatic N) is 2. The molecule has 1 saturated heterocycles. The summed E-state index contributed by atoms with van der Waals surface area (Å²) < 4.78 is 4.76. The van der Waals surface area contributed by atoms with Gasteiger partial charge in [0.05, 0.1) is 24.2 Å². The predicted molar refractivity (Wildman–Crippen MR) is 70.9 cm³/mol. The maximum absolute atomic E-state index is 11.4. The second kappa shape index (κ2) is 6.05. The summed E-state index contributed by atoms with van der Waals surface area (Å²) in [5, 5.41) is 0.634. The van der Waals surface area contributed by atoms with Crippen LogP contribution in [0.25, 0.3) is 0 Å². The molecule has 1 aromatic rings. The van der Waals surface area contributed by atoms with Crippen LogP contribution < -0.4 is 4.90 Å². The van der Waals surface area contributed by atoms with E-state index in [1.807, 2.05) is 6.07 Å². The first kappa shape index (κ1) is 13.1. The highest BCUT2D eigenvalue weighted by molar-refractivity contribution is 6.33. The highest BCUT2D eigenvalue weighted by atomic mass is 35.5. The van der Waals surface area contributed by atoms with Crippen LogP contribution in [0.5, 0.6) is 0 Å². The predicted octanol–water partition coefficient (Wildman–Crippen LogP) is 2.66. The molecule has 2 rings (SSSR count). The topological polar surface area (TPSA) is 42.4 Å². The van der Waals surface area contributed by atoms with E-state index >= 15 is 0 Å². The first-order valence-corrected chi connectivity index (χ1v) is 6.53. The van der Waals surface area contributed by atoms with E-state index in [0.29, 0.717) is 11.4 Å². The van der Waals surface area contributed by atoms with Crippen molar-refractivity contribution in [1.29, 1.82) is 0 Å². The minimum absolute atomic E-state index is 0.169. The molecular weight excluding hydrogens is 252 g/mol. The quantitative estimate of drug-likeness (QED) is 0.791. The van der Waals surface area contributed by atoms with Crippen molar-refractivity contribution in [2.24, 2.45) is 0 Å². The Hall–Kier alpha value is -1.29. The number of carbonyl (C=O) groups is 1. The molecule has 0 aliphatic carbocycles. The van der Waals surface area contributed by atoms with Gasteiger partial charge in [-0.05, 0) is 25.3 Å². The fourth-order valence-corrected chi connectivity index (χ4v) is 2.63. The summed E-state index contributed by atoms with van der Waals surface area (Å²) in [7, 11) is 1.43. The van der Waals surface area contributed by atoms with Crippen LogP contribution in [-0.4, -0.2) is 30.6 Å². The molecule has 0 bridgehead atoms. The van der Waals surface area contributed by atoms with E-state index in [9.17, 15) is 4.79 Å². The molecule has 0 aromatic carbocycles. The SMILES string of the molecule is COC(=O)CC1CCCCN1c1ccncc1Cl. The van der Waals surface area contributed by atoms with E-state index in [2.05, 4.69) is 9.88 Å². The van der Waals surface area contributed by atoms with Crippen molar-refractivity contribution in [2.75, 3.05) is 18.6 Å². The number of aromatic nitrogens is 1. The van der Waals surface area contributed by atoms with E-state index in [1.54, 1.807) is 12.4 Å². The molecule has 0 spiro atoms. The number of esters is 1. The van der Waals surface area contributed by atoms with Crippen LogP contribution in [0.3, 0.4) is 0 Å². The zero-order valence-electron chi connectivity index (χ0n) is 10.4. The molecule has 1 aromatic heterocycles. The third kappa shape index (κ3) is 2.93. The third-order valence-electron chi connectivity index (χ3n) is 3.32. The van der Waals surface area contributed by atoms with Gasteiger partial charge in [-0.15, -0.1) is 0 Å². The maximum Gasteiger partial charge on any atom is 0.307 e. The van der Waals surface area contributed by atoms with E-state index in [4.69, 9.17) is 16.3 Å². The van der Waals surface area contributed by atoms with Crippen molar-refractivity contribution in [3.63, 3.8) is 0 Å². The molecule has 0 N–H and O–H groups in total. The molecular formula is C13H17ClN2O2. The van der Waals surface area contributed by atoms with Crippen LogP contribution in [0.15, 0.2) is 18.5 Å². The Morgan fingerprint density at radius 3 is 3.17 bits per heavy atom. The van der Waals surface area contributed by atoms with Gasteiger partial charge in [0.25, 0.3) is 0 Å². The van der Waals surface area contributed by atoms with Gasteiger partial charge in [-0.1, -0.05) is 11.6 Å². The van der Waals surface area contributed by atoms with E-state index in [-0.39, 0.29) is 12.0 Å². The molecule has 0 amide bonds. The van der Waals surface area contributed by atoms with Crippen LogP contribution >= 0.6 is 11.6 Å². The largest absolute Gasteiger partial charge is 0.469 e. The van der Waals surface area contributed by atoms with Gasteiger partial charge in [-0.25, -0.2) is 0 Å². The normalized spacial score (nSPS) is 19.7. The molecule has 5 heteroatoms. The Kier molecular flexibility index (Phi) is 4.42. The first-order valence-electron chi connectivity index (χ1n) is 6.15. The third-order valence-corrected chi connectivity index (χ3v) is 3.61. The van der Waals surface area contributed by atoms with Crippen LogP contribution in [-0.2, 0) is 9.53 Å². The Morgan fingerprint density at radius 2 is 2.44 bits per heavy atom. The lowest BCUT2D eigenvalue weighted by molar-refractivity contribution is -0.141. The number of carbonyl (C=O) groups excluding carboxylic acids is 1. The number of piperidine rings is 1. The van der Waals surface area contributed by atoms with E-state index < -0.39 is 0 Å². The van der Waals surface area contributed by atoms with Gasteiger partial charge in [0.15, 0.2) is 0 Å². The molecule has 1 aliphatic heterocycles. The highest BCUT2D eigenvalue weighted by Crippen LogP contribution is 2.31. The van der Waals surface area contributed by atoms with E-state index in [0.717, 1.165) is 31.5 Å². The van der Waals surface area contributed by atoms with Gasteiger partial charge >= 0.3 is 5.97 Å². The number of anilines is 1. The summed E-state index contributed by atoms with van der Waals surface area (Å²) in [4.78, 5) is 17.6. The molecule has 1 atom stereocenters. The first-order chi connectivity index (χ1) is 8.72. The van der Waals surface area contributed by atoms with E-state index in [1.165, 1.54) is 7.11 Å². The lowest BCUT2D eigenvalue weighted by Crippen LogP contribution is -2.41. The molecule has 0 saturated carbocycles. The second-order valence-corrected chi connectivity index (χ2v) is 4.86. The summed E-state index contributed by atoms with van der Waals surface area (Å²) in [6, 6.07) is 2.07. The van der Waals surface area contributed by atoms with Crippen LogP contribution in [0.4, 0.5) is 5.69 Å². The highest BCUT2D eigenvalue weighted by Gasteiger charge is 2.26. The van der Waals surface area contributed by atoms with Gasteiger partial charge in [-0.2, -0.15) is 0 Å². The fourth-order valence-electron chi connectivity index (χ4n) is 2.41. The average molecular weight is 269 g/mol. The maximum atomic E-state index is 11.4. The molecule has 1 fully saturated rings. The molecule has 0 radical (unpaired) electrons. The summed E-state index contributed by atoms with van der Waals surface area (Å²) in [6.07, 6.45) is 7.03. The minimum atomic E-state index is -0.169. The van der Waals surface area contributed by atoms with Crippen LogP contribution in [0, 0.1) is 0 Å². The molecule has 98 valence electrons. The van der Waals surface area contributed by atoms with Gasteiger partial charge in [0.2, 0.25) is 0 Å². The summed E-state index contributed by atoms with van der Waals surface area (Å²) in [6.45, 7) is 0.922. The Labute approximate surface area is 112 Å². The second-order valence-electron chi connectivity index (χ2n) is 4.45. The number of hydrogen-bond donors (Lipinski definition) is 0. The smallest absolute Gasteiger partial charge is 0.307 e. The fraction of sp³-hybridized carbons (Fsp3) is 0.538. The Morgan fingerprint density at radius 1 is 1.61 bits per heavy atom. The molecule has 1 aliphatic rings. The van der Waals surface area contributed by atoms with Crippen molar-refractivity contribution in [3.05, 3.63) is 23.5 Å². The van der Waals surface area contributed by atoms with Crippen LogP contribution in [0.2, 0.25) is 5.02 Å². The summed E-state index contributed by atoms with van der Waals surface area (Å²) in [5.41, 5.74) is 0.959. The number of halogens is 1. The zero-order valence-corrected chi connectivity index (χ0v) is 11.2. The molecule has 1 unspecified atom stereocenters. The molecule has 18 heavy (non-hydrogen) atoms.